The molecule has 0 spiro atoms. The second kappa shape index (κ2) is 6.85. The number of nitrogen functional groups attached to an aromatic ring is 1. The quantitative estimate of drug-likeness (QED) is 0.705. The number of nitrogens with zero attached hydrogens (tertiary/aromatic N) is 1. The average molecular weight is 382 g/mol. The summed E-state index contributed by atoms with van der Waals surface area (Å²) in [5.41, 5.74) is 9.35. The molecule has 4 rings (SSSR count). The van der Waals surface area contributed by atoms with Crippen molar-refractivity contribution < 1.29 is 8.42 Å². The molecule has 3 N–H and O–H groups in total. The van der Waals surface area contributed by atoms with Gasteiger partial charge in [0, 0.05) is 0 Å². The van der Waals surface area contributed by atoms with Crippen LogP contribution in [-0.2, 0) is 9.84 Å². The Morgan fingerprint density at radius 2 is 1.78 bits per heavy atom. The maximum atomic E-state index is 13.4. The van der Waals surface area contributed by atoms with Crippen molar-refractivity contribution in [3.05, 3.63) is 60.2 Å². The van der Waals surface area contributed by atoms with Crippen molar-refractivity contribution in [2.24, 2.45) is 0 Å². The summed E-state index contributed by atoms with van der Waals surface area (Å²) in [5, 5.41) is -0.354. The first kappa shape index (κ1) is 17.8. The summed E-state index contributed by atoms with van der Waals surface area (Å²) in [5.74, 6) is 0.215. The maximum absolute atomic E-state index is 13.4. The first-order chi connectivity index (χ1) is 13.0. The Labute approximate surface area is 159 Å². The summed E-state index contributed by atoms with van der Waals surface area (Å²) in [4.78, 5) is 7.50. The third-order valence-electron chi connectivity index (χ3n) is 5.34. The molecule has 1 aliphatic carbocycles. The second-order valence-corrected chi connectivity index (χ2v) is 9.34. The number of nitrogens with two attached hydrogens (primary N) is 1. The average Bonchev–Trinajstić information content (AvgIpc) is 3.07. The lowest BCUT2D eigenvalue weighted by atomic mass is 9.99. The van der Waals surface area contributed by atoms with Crippen LogP contribution in [0.5, 0.6) is 0 Å². The fraction of sp³-hybridized carbons (Fsp3) is 0.286. The molecule has 140 valence electrons. The van der Waals surface area contributed by atoms with Crippen molar-refractivity contribution in [3.63, 3.8) is 0 Å². The van der Waals surface area contributed by atoms with Crippen molar-refractivity contribution in [2.75, 3.05) is 5.73 Å². The van der Waals surface area contributed by atoms with Crippen molar-refractivity contribution >= 4 is 32.4 Å². The molecule has 1 fully saturated rings. The summed E-state index contributed by atoms with van der Waals surface area (Å²) >= 11 is 0. The number of hydrogen-bond acceptors (Lipinski definition) is 4. The fourth-order valence-corrected chi connectivity index (χ4v) is 5.89. The van der Waals surface area contributed by atoms with Gasteiger partial charge in [0.25, 0.3) is 0 Å². The van der Waals surface area contributed by atoms with E-state index in [1.54, 1.807) is 6.07 Å². The topological polar surface area (TPSA) is 88.8 Å². The van der Waals surface area contributed by atoms with Gasteiger partial charge in [-0.25, -0.2) is 13.4 Å². The van der Waals surface area contributed by atoms with Crippen LogP contribution in [0.25, 0.3) is 16.6 Å². The molecule has 1 saturated carbocycles. The lowest BCUT2D eigenvalue weighted by Crippen LogP contribution is -2.24. The van der Waals surface area contributed by atoms with Gasteiger partial charge in [-0.05, 0) is 41.7 Å². The van der Waals surface area contributed by atoms with Crippen LogP contribution in [0, 0.1) is 0 Å². The van der Waals surface area contributed by atoms with Gasteiger partial charge in [0.15, 0.2) is 15.8 Å². The molecule has 27 heavy (non-hydrogen) atoms. The Kier molecular flexibility index (Phi) is 4.52. The minimum atomic E-state index is -3.49. The number of aromatic nitrogens is 2. The highest BCUT2D eigenvalue weighted by atomic mass is 32.2. The van der Waals surface area contributed by atoms with Gasteiger partial charge in [0.05, 0.1) is 15.7 Å². The van der Waals surface area contributed by atoms with Gasteiger partial charge in [0.2, 0.25) is 0 Å². The van der Waals surface area contributed by atoms with Gasteiger partial charge >= 0.3 is 0 Å². The summed E-state index contributed by atoms with van der Waals surface area (Å²) < 4.78 is 26.8. The smallest absolute Gasteiger partial charge is 0.198 e. The predicted octanol–water partition coefficient (Wildman–Crippen LogP) is 4.31. The van der Waals surface area contributed by atoms with E-state index in [0.717, 1.165) is 36.0 Å². The van der Waals surface area contributed by atoms with E-state index < -0.39 is 9.84 Å². The molecule has 0 amide bonds. The van der Waals surface area contributed by atoms with Crippen LogP contribution >= 0.6 is 0 Å². The number of aromatic amines is 1. The van der Waals surface area contributed by atoms with E-state index in [4.69, 9.17) is 5.73 Å². The molecule has 2 aromatic carbocycles. The standard InChI is InChI=1S/C21H23N3O2S/c1-14(15-8-4-2-5-9-15)16-12-18-20(24-21(22)23-18)19(13-16)27(25,26)17-10-6-3-7-11-17/h2,4-5,8-9,12-13,17H,1,3,6-7,10-11H2,(H3,22,23,24). The number of H-pyrrole nitrogens is 1. The highest BCUT2D eigenvalue weighted by Gasteiger charge is 2.31. The molecule has 0 aliphatic heterocycles. The van der Waals surface area contributed by atoms with E-state index in [-0.39, 0.29) is 16.1 Å². The molecular weight excluding hydrogens is 358 g/mol. The van der Waals surface area contributed by atoms with Crippen molar-refractivity contribution in [2.45, 2.75) is 42.2 Å². The van der Waals surface area contributed by atoms with Gasteiger partial charge in [-0.2, -0.15) is 0 Å². The summed E-state index contributed by atoms with van der Waals surface area (Å²) in [6, 6.07) is 13.3. The van der Waals surface area contributed by atoms with Gasteiger partial charge in [-0.3, -0.25) is 0 Å². The molecule has 0 saturated heterocycles. The number of nitrogens with one attached hydrogen (secondary N) is 1. The van der Waals surface area contributed by atoms with Crippen molar-refractivity contribution in [1.82, 2.24) is 9.97 Å². The van der Waals surface area contributed by atoms with Crippen LogP contribution in [0.1, 0.15) is 43.2 Å². The number of imidazole rings is 1. The van der Waals surface area contributed by atoms with E-state index >= 15 is 0 Å². The molecule has 0 bridgehead atoms. The molecule has 5 nitrogen and oxygen atoms in total. The monoisotopic (exact) mass is 381 g/mol. The molecule has 0 unspecified atom stereocenters. The number of hydrogen-bond donors (Lipinski definition) is 2. The molecule has 1 aromatic heterocycles. The third kappa shape index (κ3) is 3.25. The molecule has 1 aliphatic rings. The Balaban J connectivity index is 1.88. The van der Waals surface area contributed by atoms with Gasteiger partial charge in [-0.1, -0.05) is 56.2 Å². The number of fused-ring (bicyclic) bond motifs is 1. The maximum Gasteiger partial charge on any atom is 0.198 e. The van der Waals surface area contributed by atoms with Crippen LogP contribution < -0.4 is 5.73 Å². The normalized spacial score (nSPS) is 15.9. The molecule has 3 aromatic rings. The highest BCUT2D eigenvalue weighted by Crippen LogP contribution is 2.35. The van der Waals surface area contributed by atoms with Crippen LogP contribution in [0.2, 0.25) is 0 Å². The largest absolute Gasteiger partial charge is 0.369 e. The minimum Gasteiger partial charge on any atom is -0.369 e. The minimum absolute atomic E-state index is 0.215. The summed E-state index contributed by atoms with van der Waals surface area (Å²) in [7, 11) is -3.49. The van der Waals surface area contributed by atoms with Gasteiger partial charge in [-0.15, -0.1) is 0 Å². The van der Waals surface area contributed by atoms with Crippen LogP contribution in [0.3, 0.4) is 0 Å². The zero-order valence-corrected chi connectivity index (χ0v) is 15.9. The highest BCUT2D eigenvalue weighted by molar-refractivity contribution is 7.92. The summed E-state index contributed by atoms with van der Waals surface area (Å²) in [6.07, 6.45) is 4.40. The molecule has 1 heterocycles. The van der Waals surface area contributed by atoms with Crippen LogP contribution in [-0.4, -0.2) is 23.6 Å². The molecular formula is C21H23N3O2S. The number of rotatable bonds is 4. The lowest BCUT2D eigenvalue weighted by molar-refractivity contribution is 0.484. The Morgan fingerprint density at radius 3 is 2.48 bits per heavy atom. The van der Waals surface area contributed by atoms with E-state index in [9.17, 15) is 8.42 Å². The van der Waals surface area contributed by atoms with Crippen molar-refractivity contribution in [1.29, 1.82) is 0 Å². The van der Waals surface area contributed by atoms with E-state index in [1.165, 1.54) is 0 Å². The van der Waals surface area contributed by atoms with Crippen LogP contribution in [0.15, 0.2) is 53.9 Å². The van der Waals surface area contributed by atoms with E-state index in [2.05, 4.69) is 16.5 Å². The zero-order valence-electron chi connectivity index (χ0n) is 15.1. The van der Waals surface area contributed by atoms with Crippen molar-refractivity contribution in [3.8, 4) is 0 Å². The Morgan fingerprint density at radius 1 is 1.07 bits per heavy atom. The zero-order chi connectivity index (χ0) is 19.0. The van der Waals surface area contributed by atoms with Gasteiger partial charge < -0.3 is 10.7 Å². The van der Waals surface area contributed by atoms with E-state index in [1.807, 2.05) is 36.4 Å². The summed E-state index contributed by atoms with van der Waals surface area (Å²) in [6.45, 7) is 4.18. The predicted molar refractivity (Wildman–Crippen MR) is 109 cm³/mol. The second-order valence-electron chi connectivity index (χ2n) is 7.14. The third-order valence-corrected chi connectivity index (χ3v) is 7.61. The SMILES string of the molecule is C=C(c1ccccc1)c1cc(S(=O)(=O)C2CCCCC2)c2nc(N)[nH]c2c1. The van der Waals surface area contributed by atoms with E-state index in [0.29, 0.717) is 23.9 Å². The van der Waals surface area contributed by atoms with Gasteiger partial charge in [0.1, 0.15) is 5.52 Å². The fourth-order valence-electron chi connectivity index (χ4n) is 3.86. The lowest BCUT2D eigenvalue weighted by Gasteiger charge is -2.22. The number of anilines is 1. The molecule has 0 atom stereocenters. The molecule has 0 radical (unpaired) electrons. The first-order valence-electron chi connectivity index (χ1n) is 9.24. The number of sulfone groups is 1. The van der Waals surface area contributed by atoms with Crippen LogP contribution in [0.4, 0.5) is 5.95 Å². The number of benzene rings is 2. The Bertz CT molecular complexity index is 1100. The first-order valence-corrected chi connectivity index (χ1v) is 10.8. The molecule has 6 heteroatoms. The Hall–Kier alpha value is -2.60.